The number of benzene rings is 1. The van der Waals surface area contributed by atoms with Crippen LogP contribution in [0, 0.1) is 5.82 Å². The predicted octanol–water partition coefficient (Wildman–Crippen LogP) is 1.48. The fraction of sp³-hybridized carbons (Fsp3) is 0.0833. The van der Waals surface area contributed by atoms with Crippen LogP contribution in [0.3, 0.4) is 0 Å². The number of halogens is 1. The third kappa shape index (κ3) is 2.59. The Kier molecular flexibility index (Phi) is 3.56. The van der Waals surface area contributed by atoms with E-state index in [1.807, 2.05) is 0 Å². The third-order valence-electron chi connectivity index (χ3n) is 2.54. The number of rotatable bonds is 3. The number of hydrogen-bond acceptors (Lipinski definition) is 5. The molecule has 0 atom stereocenters. The Labute approximate surface area is 109 Å². The van der Waals surface area contributed by atoms with Crippen LogP contribution < -0.4 is 10.6 Å². The minimum Gasteiger partial charge on any atom is -0.409 e. The molecule has 3 N–H and O–H groups in total. The molecule has 2 rings (SSSR count). The van der Waals surface area contributed by atoms with E-state index in [1.54, 1.807) is 24.1 Å². The first kappa shape index (κ1) is 12.7. The second kappa shape index (κ2) is 5.30. The zero-order valence-corrected chi connectivity index (χ0v) is 10.2. The maximum Gasteiger partial charge on any atom is 0.192 e. The summed E-state index contributed by atoms with van der Waals surface area (Å²) in [4.78, 5) is 9.73. The quantitative estimate of drug-likeness (QED) is 0.378. The molecule has 0 aliphatic heterocycles. The average Bonchev–Trinajstić information content (AvgIpc) is 2.45. The van der Waals surface area contributed by atoms with E-state index in [1.165, 1.54) is 24.5 Å². The number of oxime groups is 1. The maximum atomic E-state index is 13.2. The largest absolute Gasteiger partial charge is 0.409 e. The fourth-order valence-electron chi connectivity index (χ4n) is 1.61. The first-order valence-electron chi connectivity index (χ1n) is 5.41. The lowest BCUT2D eigenvalue weighted by Crippen LogP contribution is -2.22. The normalized spacial score (nSPS) is 11.4. The Hall–Kier alpha value is -2.70. The van der Waals surface area contributed by atoms with Crippen molar-refractivity contribution in [2.45, 2.75) is 0 Å². The molecule has 0 radical (unpaired) electrons. The van der Waals surface area contributed by atoms with Crippen LogP contribution in [-0.4, -0.2) is 28.1 Å². The molecule has 0 saturated carbocycles. The summed E-state index contributed by atoms with van der Waals surface area (Å²) >= 11 is 0. The Bertz CT molecular complexity index is 617. The van der Waals surface area contributed by atoms with Gasteiger partial charge in [-0.05, 0) is 18.2 Å². The standard InChI is InChI=1S/C12H12FN5O/c1-18(9-4-2-3-8(13)7-9)12-10(11(14)17-19)15-5-6-16-12/h2-7,19H,1H3,(H2,14,17). The molecule has 7 heteroatoms. The summed E-state index contributed by atoms with van der Waals surface area (Å²) in [6, 6.07) is 6.00. The number of anilines is 2. The zero-order valence-electron chi connectivity index (χ0n) is 10.2. The van der Waals surface area contributed by atoms with Crippen LogP contribution in [0.25, 0.3) is 0 Å². The van der Waals surface area contributed by atoms with Crippen LogP contribution in [-0.2, 0) is 0 Å². The second-order valence-corrected chi connectivity index (χ2v) is 3.75. The van der Waals surface area contributed by atoms with E-state index in [0.29, 0.717) is 11.5 Å². The van der Waals surface area contributed by atoms with Gasteiger partial charge in [-0.3, -0.25) is 0 Å². The molecule has 1 heterocycles. The number of nitrogens with two attached hydrogens (primary N) is 1. The second-order valence-electron chi connectivity index (χ2n) is 3.75. The topological polar surface area (TPSA) is 87.6 Å². The molecule has 0 saturated heterocycles. The smallest absolute Gasteiger partial charge is 0.192 e. The molecule has 0 amide bonds. The number of amidine groups is 1. The lowest BCUT2D eigenvalue weighted by Gasteiger charge is -2.19. The Morgan fingerprint density at radius 2 is 2.11 bits per heavy atom. The van der Waals surface area contributed by atoms with Crippen molar-refractivity contribution in [3.8, 4) is 0 Å². The molecular weight excluding hydrogens is 249 g/mol. The van der Waals surface area contributed by atoms with Crippen molar-refractivity contribution < 1.29 is 9.60 Å². The van der Waals surface area contributed by atoms with E-state index in [9.17, 15) is 4.39 Å². The van der Waals surface area contributed by atoms with E-state index < -0.39 is 0 Å². The lowest BCUT2D eigenvalue weighted by molar-refractivity contribution is 0.318. The molecule has 0 unspecified atom stereocenters. The van der Waals surface area contributed by atoms with Crippen molar-refractivity contribution >= 4 is 17.3 Å². The molecule has 0 bridgehead atoms. The minimum absolute atomic E-state index is 0.161. The van der Waals surface area contributed by atoms with E-state index >= 15 is 0 Å². The molecule has 6 nitrogen and oxygen atoms in total. The van der Waals surface area contributed by atoms with E-state index in [4.69, 9.17) is 10.9 Å². The van der Waals surface area contributed by atoms with Crippen LogP contribution in [0.2, 0.25) is 0 Å². The van der Waals surface area contributed by atoms with Crippen LogP contribution in [0.15, 0.2) is 41.8 Å². The van der Waals surface area contributed by atoms with Gasteiger partial charge in [0.25, 0.3) is 0 Å². The molecule has 19 heavy (non-hydrogen) atoms. The van der Waals surface area contributed by atoms with Gasteiger partial charge in [0.15, 0.2) is 17.3 Å². The number of nitrogens with zero attached hydrogens (tertiary/aromatic N) is 4. The van der Waals surface area contributed by atoms with Gasteiger partial charge in [-0.25, -0.2) is 14.4 Å². The summed E-state index contributed by atoms with van der Waals surface area (Å²) in [5.41, 5.74) is 6.33. The molecule has 0 spiro atoms. The highest BCUT2D eigenvalue weighted by Crippen LogP contribution is 2.23. The summed E-state index contributed by atoms with van der Waals surface area (Å²) < 4.78 is 13.2. The van der Waals surface area contributed by atoms with Crippen molar-refractivity contribution in [3.63, 3.8) is 0 Å². The van der Waals surface area contributed by atoms with Gasteiger partial charge in [0.2, 0.25) is 0 Å². The number of hydrogen-bond donors (Lipinski definition) is 2. The molecular formula is C12H12FN5O. The predicted molar refractivity (Wildman–Crippen MR) is 69.0 cm³/mol. The molecule has 98 valence electrons. The SMILES string of the molecule is CN(c1cccc(F)c1)c1nccnc1/C(N)=N/O. The van der Waals surface area contributed by atoms with Crippen LogP contribution in [0.4, 0.5) is 15.9 Å². The van der Waals surface area contributed by atoms with E-state index in [2.05, 4.69) is 15.1 Å². The summed E-state index contributed by atoms with van der Waals surface area (Å²) in [5.74, 6) is -0.159. The van der Waals surface area contributed by atoms with Gasteiger partial charge in [0.05, 0.1) is 0 Å². The van der Waals surface area contributed by atoms with Crippen LogP contribution in [0.5, 0.6) is 0 Å². The van der Waals surface area contributed by atoms with E-state index in [-0.39, 0.29) is 17.3 Å². The Balaban J connectivity index is 2.47. The zero-order chi connectivity index (χ0) is 13.8. The van der Waals surface area contributed by atoms with Crippen molar-refractivity contribution in [3.05, 3.63) is 48.2 Å². The third-order valence-corrected chi connectivity index (χ3v) is 2.54. The van der Waals surface area contributed by atoms with Gasteiger partial charge in [0, 0.05) is 25.1 Å². The van der Waals surface area contributed by atoms with Gasteiger partial charge in [-0.15, -0.1) is 0 Å². The van der Waals surface area contributed by atoms with Gasteiger partial charge >= 0.3 is 0 Å². The highest BCUT2D eigenvalue weighted by molar-refractivity contribution is 6.00. The van der Waals surface area contributed by atoms with Crippen LogP contribution in [0.1, 0.15) is 5.69 Å². The maximum absolute atomic E-state index is 13.2. The fourth-order valence-corrected chi connectivity index (χ4v) is 1.61. The highest BCUT2D eigenvalue weighted by atomic mass is 19.1. The van der Waals surface area contributed by atoms with Crippen molar-refractivity contribution in [1.82, 2.24) is 9.97 Å². The van der Waals surface area contributed by atoms with Gasteiger partial charge in [0.1, 0.15) is 5.82 Å². The first-order valence-corrected chi connectivity index (χ1v) is 5.41. The van der Waals surface area contributed by atoms with Gasteiger partial charge in [-0.2, -0.15) is 0 Å². The Morgan fingerprint density at radius 1 is 1.37 bits per heavy atom. The van der Waals surface area contributed by atoms with Gasteiger partial charge < -0.3 is 15.8 Å². The molecule has 2 aromatic rings. The molecule has 0 fully saturated rings. The Morgan fingerprint density at radius 3 is 2.79 bits per heavy atom. The molecule has 1 aromatic carbocycles. The monoisotopic (exact) mass is 261 g/mol. The lowest BCUT2D eigenvalue weighted by atomic mass is 10.2. The average molecular weight is 261 g/mol. The van der Waals surface area contributed by atoms with E-state index in [0.717, 1.165) is 0 Å². The molecule has 0 aliphatic carbocycles. The number of aromatic nitrogens is 2. The highest BCUT2D eigenvalue weighted by Gasteiger charge is 2.15. The van der Waals surface area contributed by atoms with Crippen molar-refractivity contribution in [1.29, 1.82) is 0 Å². The van der Waals surface area contributed by atoms with Crippen molar-refractivity contribution in [2.24, 2.45) is 10.9 Å². The summed E-state index contributed by atoms with van der Waals surface area (Å²) in [7, 11) is 1.69. The summed E-state index contributed by atoms with van der Waals surface area (Å²) in [6.07, 6.45) is 2.90. The molecule has 1 aromatic heterocycles. The van der Waals surface area contributed by atoms with Gasteiger partial charge in [-0.1, -0.05) is 11.2 Å². The van der Waals surface area contributed by atoms with Crippen LogP contribution >= 0.6 is 0 Å². The summed E-state index contributed by atoms with van der Waals surface area (Å²) in [5, 5.41) is 11.6. The molecule has 0 aliphatic rings. The van der Waals surface area contributed by atoms with Crippen molar-refractivity contribution in [2.75, 3.05) is 11.9 Å². The minimum atomic E-state index is -0.362. The summed E-state index contributed by atoms with van der Waals surface area (Å²) in [6.45, 7) is 0. The first-order chi connectivity index (χ1) is 9.13.